The molecule has 1 N–H and O–H groups in total. The van der Waals surface area contributed by atoms with Gasteiger partial charge in [0.05, 0.1) is 6.10 Å². The SMILES string of the molecule is CCCN(CCN(C)C)[C@@H]1CCCC[C@H]1O. The average molecular weight is 228 g/mol. The highest BCUT2D eigenvalue weighted by atomic mass is 16.3. The Hall–Kier alpha value is -0.120. The van der Waals surface area contributed by atoms with Crippen molar-refractivity contribution in [1.29, 1.82) is 0 Å². The minimum absolute atomic E-state index is 0.0949. The summed E-state index contributed by atoms with van der Waals surface area (Å²) >= 11 is 0. The molecule has 0 aromatic carbocycles. The molecule has 1 fully saturated rings. The van der Waals surface area contributed by atoms with Crippen LogP contribution in [0.5, 0.6) is 0 Å². The van der Waals surface area contributed by atoms with Crippen LogP contribution < -0.4 is 0 Å². The number of rotatable bonds is 6. The summed E-state index contributed by atoms with van der Waals surface area (Å²) in [5.74, 6) is 0. The molecule has 0 spiro atoms. The molecule has 0 aromatic heterocycles. The van der Waals surface area contributed by atoms with Crippen LogP contribution in [-0.2, 0) is 0 Å². The quantitative estimate of drug-likeness (QED) is 0.747. The molecule has 0 amide bonds. The minimum atomic E-state index is -0.0949. The predicted octanol–water partition coefficient (Wildman–Crippen LogP) is 1.56. The van der Waals surface area contributed by atoms with Crippen molar-refractivity contribution in [2.24, 2.45) is 0 Å². The van der Waals surface area contributed by atoms with Crippen LogP contribution in [0.25, 0.3) is 0 Å². The van der Waals surface area contributed by atoms with E-state index in [1.165, 1.54) is 25.7 Å². The van der Waals surface area contributed by atoms with Crippen molar-refractivity contribution < 1.29 is 5.11 Å². The number of hydrogen-bond acceptors (Lipinski definition) is 3. The summed E-state index contributed by atoms with van der Waals surface area (Å²) in [6.07, 6.45) is 5.73. The zero-order valence-corrected chi connectivity index (χ0v) is 11.2. The number of hydrogen-bond donors (Lipinski definition) is 1. The summed E-state index contributed by atoms with van der Waals surface area (Å²) in [5, 5.41) is 10.1. The predicted molar refractivity (Wildman–Crippen MR) is 68.7 cm³/mol. The van der Waals surface area contributed by atoms with Crippen molar-refractivity contribution in [2.75, 3.05) is 33.7 Å². The molecule has 16 heavy (non-hydrogen) atoms. The fourth-order valence-corrected chi connectivity index (χ4v) is 2.58. The van der Waals surface area contributed by atoms with Crippen LogP contribution in [0.2, 0.25) is 0 Å². The Morgan fingerprint density at radius 3 is 2.31 bits per heavy atom. The molecule has 0 aromatic rings. The molecule has 0 saturated heterocycles. The van der Waals surface area contributed by atoms with Gasteiger partial charge in [-0.05, 0) is 39.9 Å². The van der Waals surface area contributed by atoms with Crippen molar-refractivity contribution in [3.8, 4) is 0 Å². The lowest BCUT2D eigenvalue weighted by atomic mass is 9.91. The first-order chi connectivity index (χ1) is 7.65. The summed E-state index contributed by atoms with van der Waals surface area (Å²) in [6, 6.07) is 0.411. The Labute approximate surface area is 100 Å². The highest BCUT2D eigenvalue weighted by Gasteiger charge is 2.27. The van der Waals surface area contributed by atoms with E-state index in [4.69, 9.17) is 0 Å². The van der Waals surface area contributed by atoms with E-state index in [2.05, 4.69) is 30.8 Å². The third kappa shape index (κ3) is 4.40. The van der Waals surface area contributed by atoms with Gasteiger partial charge in [0, 0.05) is 19.1 Å². The fourth-order valence-electron chi connectivity index (χ4n) is 2.58. The van der Waals surface area contributed by atoms with E-state index < -0.39 is 0 Å². The van der Waals surface area contributed by atoms with Crippen molar-refractivity contribution in [1.82, 2.24) is 9.80 Å². The van der Waals surface area contributed by atoms with Crippen LogP contribution in [0.3, 0.4) is 0 Å². The Kier molecular flexibility index (Phi) is 6.32. The minimum Gasteiger partial charge on any atom is -0.391 e. The maximum absolute atomic E-state index is 10.1. The smallest absolute Gasteiger partial charge is 0.0695 e. The normalized spacial score (nSPS) is 26.6. The monoisotopic (exact) mass is 228 g/mol. The van der Waals surface area contributed by atoms with Gasteiger partial charge >= 0.3 is 0 Å². The first kappa shape index (κ1) is 13.9. The van der Waals surface area contributed by atoms with Gasteiger partial charge in [0.1, 0.15) is 0 Å². The average Bonchev–Trinajstić information content (AvgIpc) is 2.25. The lowest BCUT2D eigenvalue weighted by Crippen LogP contribution is -2.48. The second kappa shape index (κ2) is 7.25. The zero-order valence-electron chi connectivity index (χ0n) is 11.2. The Balaban J connectivity index is 2.46. The molecule has 2 atom stereocenters. The van der Waals surface area contributed by atoms with E-state index >= 15 is 0 Å². The van der Waals surface area contributed by atoms with Gasteiger partial charge in [0.25, 0.3) is 0 Å². The van der Waals surface area contributed by atoms with Crippen LogP contribution >= 0.6 is 0 Å². The molecule has 0 bridgehead atoms. The first-order valence-electron chi connectivity index (χ1n) is 6.72. The van der Waals surface area contributed by atoms with E-state index in [-0.39, 0.29) is 6.10 Å². The summed E-state index contributed by atoms with van der Waals surface area (Å²) < 4.78 is 0. The third-order valence-electron chi connectivity index (χ3n) is 3.51. The molecule has 3 heteroatoms. The lowest BCUT2D eigenvalue weighted by molar-refractivity contribution is 0.0172. The lowest BCUT2D eigenvalue weighted by Gasteiger charge is -2.38. The van der Waals surface area contributed by atoms with Crippen molar-refractivity contribution in [2.45, 2.75) is 51.2 Å². The van der Waals surface area contributed by atoms with Gasteiger partial charge in [0.2, 0.25) is 0 Å². The van der Waals surface area contributed by atoms with Gasteiger partial charge < -0.3 is 10.0 Å². The highest BCUT2D eigenvalue weighted by molar-refractivity contribution is 4.83. The Morgan fingerprint density at radius 2 is 1.75 bits per heavy atom. The highest BCUT2D eigenvalue weighted by Crippen LogP contribution is 2.23. The van der Waals surface area contributed by atoms with Gasteiger partial charge in [-0.1, -0.05) is 19.8 Å². The Bertz CT molecular complexity index is 185. The van der Waals surface area contributed by atoms with Gasteiger partial charge in [-0.2, -0.15) is 0 Å². The summed E-state index contributed by atoms with van der Waals surface area (Å²) in [4.78, 5) is 4.71. The van der Waals surface area contributed by atoms with E-state index in [9.17, 15) is 5.11 Å². The van der Waals surface area contributed by atoms with Crippen molar-refractivity contribution in [3.05, 3.63) is 0 Å². The largest absolute Gasteiger partial charge is 0.391 e. The molecular formula is C13H28N2O. The second-order valence-electron chi connectivity index (χ2n) is 5.26. The van der Waals surface area contributed by atoms with Crippen LogP contribution in [-0.4, -0.2) is 60.8 Å². The van der Waals surface area contributed by atoms with E-state index in [1.54, 1.807) is 0 Å². The van der Waals surface area contributed by atoms with Crippen LogP contribution in [0.4, 0.5) is 0 Å². The molecule has 96 valence electrons. The topological polar surface area (TPSA) is 26.7 Å². The molecule has 0 unspecified atom stereocenters. The zero-order chi connectivity index (χ0) is 12.0. The maximum atomic E-state index is 10.1. The summed E-state index contributed by atoms with van der Waals surface area (Å²) in [5.41, 5.74) is 0. The summed E-state index contributed by atoms with van der Waals surface area (Å²) in [7, 11) is 4.23. The van der Waals surface area contributed by atoms with Crippen LogP contribution in [0.1, 0.15) is 39.0 Å². The number of likely N-dealkylation sites (N-methyl/N-ethyl adjacent to an activating group) is 1. The standard InChI is InChI=1S/C13H28N2O/c1-4-9-15(11-10-14(2)3)12-7-5-6-8-13(12)16/h12-13,16H,4-11H2,1-3H3/t12-,13-/m1/s1. The number of nitrogens with zero attached hydrogens (tertiary/aromatic N) is 2. The van der Waals surface area contributed by atoms with Gasteiger partial charge in [-0.3, -0.25) is 4.90 Å². The van der Waals surface area contributed by atoms with Gasteiger partial charge in [0.15, 0.2) is 0 Å². The van der Waals surface area contributed by atoms with Gasteiger partial charge in [-0.15, -0.1) is 0 Å². The first-order valence-corrected chi connectivity index (χ1v) is 6.72. The molecule has 0 heterocycles. The van der Waals surface area contributed by atoms with Crippen molar-refractivity contribution in [3.63, 3.8) is 0 Å². The molecule has 1 aliphatic carbocycles. The molecule has 0 aliphatic heterocycles. The summed E-state index contributed by atoms with van der Waals surface area (Å²) in [6.45, 7) is 5.51. The number of aliphatic hydroxyl groups excluding tert-OH is 1. The molecule has 1 rings (SSSR count). The molecule has 1 aliphatic rings. The maximum Gasteiger partial charge on any atom is 0.0695 e. The molecular weight excluding hydrogens is 200 g/mol. The fraction of sp³-hybridized carbons (Fsp3) is 1.00. The third-order valence-corrected chi connectivity index (χ3v) is 3.51. The van der Waals surface area contributed by atoms with E-state index in [0.717, 1.165) is 26.1 Å². The van der Waals surface area contributed by atoms with Crippen LogP contribution in [0.15, 0.2) is 0 Å². The van der Waals surface area contributed by atoms with Crippen molar-refractivity contribution >= 4 is 0 Å². The molecule has 3 nitrogen and oxygen atoms in total. The van der Waals surface area contributed by atoms with E-state index in [0.29, 0.717) is 6.04 Å². The second-order valence-corrected chi connectivity index (χ2v) is 5.26. The molecule has 1 saturated carbocycles. The Morgan fingerprint density at radius 1 is 1.06 bits per heavy atom. The molecule has 0 radical (unpaired) electrons. The van der Waals surface area contributed by atoms with Crippen LogP contribution in [0, 0.1) is 0 Å². The number of aliphatic hydroxyl groups is 1. The van der Waals surface area contributed by atoms with Gasteiger partial charge in [-0.25, -0.2) is 0 Å². The van der Waals surface area contributed by atoms with E-state index in [1.807, 2.05) is 0 Å².